The highest BCUT2D eigenvalue weighted by atomic mass is 19.4. The van der Waals surface area contributed by atoms with E-state index in [9.17, 15) is 27.6 Å². The molecular weight excluding hydrogens is 475 g/mol. The molecule has 0 unspecified atom stereocenters. The first-order valence-electron chi connectivity index (χ1n) is 10.0. The minimum absolute atomic E-state index is 0.0349. The number of oxazole rings is 1. The number of hydrogen-bond acceptors (Lipinski definition) is 8. The third kappa shape index (κ3) is 5.66. The van der Waals surface area contributed by atoms with Crippen molar-refractivity contribution in [1.29, 1.82) is 0 Å². The summed E-state index contributed by atoms with van der Waals surface area (Å²) in [7, 11) is 1.28. The molecule has 1 aromatic carbocycles. The zero-order chi connectivity index (χ0) is 25.9. The number of methoxy groups -OCH3 is 1. The molecule has 5 N–H and O–H groups in total. The number of amides is 2. The number of halogens is 3. The van der Waals surface area contributed by atoms with Crippen molar-refractivity contribution in [3.8, 4) is 17.2 Å². The van der Waals surface area contributed by atoms with Gasteiger partial charge in [-0.25, -0.2) is 9.97 Å². The molecular formula is C21H20F3N5O6. The molecule has 3 rings (SSSR count). The van der Waals surface area contributed by atoms with Crippen LogP contribution in [0.1, 0.15) is 34.9 Å². The first kappa shape index (κ1) is 25.4. The van der Waals surface area contributed by atoms with E-state index in [1.807, 2.05) is 0 Å². The molecule has 0 spiro atoms. The lowest BCUT2D eigenvalue weighted by atomic mass is 10.1. The fourth-order valence-electron chi connectivity index (χ4n) is 3.10. The zero-order valence-electron chi connectivity index (χ0n) is 18.4. The number of rotatable bonds is 8. The third-order valence-electron chi connectivity index (χ3n) is 4.69. The number of fused-ring (bicyclic) bond motifs is 1. The number of pyridine rings is 1. The van der Waals surface area contributed by atoms with Crippen molar-refractivity contribution in [3.63, 3.8) is 0 Å². The number of carbonyl (C=O) groups is 3. The average molecular weight is 495 g/mol. The van der Waals surface area contributed by atoms with Crippen molar-refractivity contribution in [2.45, 2.75) is 19.1 Å². The normalized spacial score (nSPS) is 12.3. The lowest BCUT2D eigenvalue weighted by Crippen LogP contribution is -2.39. The molecule has 2 aromatic heterocycles. The van der Waals surface area contributed by atoms with Crippen molar-refractivity contribution in [1.82, 2.24) is 20.6 Å². The summed E-state index contributed by atoms with van der Waals surface area (Å²) in [6, 6.07) is 4.04. The lowest BCUT2D eigenvalue weighted by molar-refractivity contribution is -0.141. The summed E-state index contributed by atoms with van der Waals surface area (Å²) < 4.78 is 50.4. The fourth-order valence-corrected chi connectivity index (χ4v) is 3.10. The summed E-state index contributed by atoms with van der Waals surface area (Å²) in [5.41, 5.74) is 4.65. The van der Waals surface area contributed by atoms with Crippen molar-refractivity contribution in [3.05, 3.63) is 41.4 Å². The number of carbonyl (C=O) groups excluding carboxylic acids is 2. The molecule has 2 heterocycles. The van der Waals surface area contributed by atoms with E-state index >= 15 is 0 Å². The Morgan fingerprint density at radius 2 is 1.86 bits per heavy atom. The number of alkyl halides is 3. The summed E-state index contributed by atoms with van der Waals surface area (Å²) in [5, 5.41) is 13.2. The van der Waals surface area contributed by atoms with E-state index in [4.69, 9.17) is 20.0 Å². The lowest BCUT2D eigenvalue weighted by Gasteiger charge is -2.11. The van der Waals surface area contributed by atoms with Gasteiger partial charge in [0.2, 0.25) is 11.8 Å². The van der Waals surface area contributed by atoms with Gasteiger partial charge in [-0.1, -0.05) is 0 Å². The molecule has 0 aliphatic heterocycles. The van der Waals surface area contributed by atoms with Crippen LogP contribution in [-0.2, 0) is 15.8 Å². The van der Waals surface area contributed by atoms with Crippen molar-refractivity contribution in [2.75, 3.05) is 20.2 Å². The highest BCUT2D eigenvalue weighted by Crippen LogP contribution is 2.37. The van der Waals surface area contributed by atoms with E-state index in [0.29, 0.717) is 0 Å². The summed E-state index contributed by atoms with van der Waals surface area (Å²) in [5.74, 6) is -2.90. The molecule has 1 atom stereocenters. The van der Waals surface area contributed by atoms with Crippen LogP contribution in [0.4, 0.5) is 13.2 Å². The Balaban J connectivity index is 1.99. The Morgan fingerprint density at radius 1 is 1.14 bits per heavy atom. The largest absolute Gasteiger partial charge is 0.494 e. The van der Waals surface area contributed by atoms with Gasteiger partial charge in [-0.15, -0.1) is 0 Å². The van der Waals surface area contributed by atoms with E-state index < -0.39 is 48.8 Å². The molecule has 0 saturated carbocycles. The Morgan fingerprint density at radius 3 is 2.46 bits per heavy atom. The maximum atomic E-state index is 13.2. The minimum atomic E-state index is -4.68. The van der Waals surface area contributed by atoms with Gasteiger partial charge in [-0.05, 0) is 31.2 Å². The maximum absolute atomic E-state index is 13.2. The molecule has 0 aliphatic carbocycles. The van der Waals surface area contributed by atoms with E-state index in [2.05, 4.69) is 20.6 Å². The van der Waals surface area contributed by atoms with Gasteiger partial charge in [0.15, 0.2) is 11.5 Å². The second-order valence-corrected chi connectivity index (χ2v) is 7.28. The van der Waals surface area contributed by atoms with Gasteiger partial charge in [-0.2, -0.15) is 13.2 Å². The number of aromatic nitrogens is 2. The van der Waals surface area contributed by atoms with Gasteiger partial charge >= 0.3 is 12.1 Å². The van der Waals surface area contributed by atoms with Gasteiger partial charge in [0.05, 0.1) is 19.7 Å². The number of benzene rings is 1. The molecule has 186 valence electrons. The topological polar surface area (TPSA) is 170 Å². The predicted molar refractivity (Wildman–Crippen MR) is 114 cm³/mol. The highest BCUT2D eigenvalue weighted by molar-refractivity contribution is 5.99. The van der Waals surface area contributed by atoms with Gasteiger partial charge in [-0.3, -0.25) is 14.4 Å². The van der Waals surface area contributed by atoms with E-state index in [-0.39, 0.29) is 39.6 Å². The molecule has 0 radical (unpaired) electrons. The van der Waals surface area contributed by atoms with E-state index in [1.165, 1.54) is 32.2 Å². The van der Waals surface area contributed by atoms with Crippen LogP contribution in [0.3, 0.4) is 0 Å². The monoisotopic (exact) mass is 495 g/mol. The van der Waals surface area contributed by atoms with Crippen LogP contribution < -0.4 is 21.1 Å². The Kier molecular flexibility index (Phi) is 7.24. The summed E-state index contributed by atoms with van der Waals surface area (Å²) >= 11 is 0. The molecule has 0 saturated heterocycles. The SMILES string of the molecule is COc1ccc(-c2nc(C(=O)NCC(=O)NCC(=O)O)c([C@H](C)N)o2)c2ccc(C(F)(F)F)nc12. The van der Waals surface area contributed by atoms with Gasteiger partial charge in [0, 0.05) is 10.9 Å². The van der Waals surface area contributed by atoms with Gasteiger partial charge < -0.3 is 30.6 Å². The number of nitrogens with one attached hydrogen (secondary N) is 2. The maximum Gasteiger partial charge on any atom is 0.433 e. The number of nitrogens with zero attached hydrogens (tertiary/aromatic N) is 2. The van der Waals surface area contributed by atoms with Crippen LogP contribution >= 0.6 is 0 Å². The fraction of sp³-hybridized carbons (Fsp3) is 0.286. The second kappa shape index (κ2) is 9.97. The number of ether oxygens (including phenoxy) is 1. The Bertz CT molecular complexity index is 1290. The summed E-state index contributed by atoms with van der Waals surface area (Å²) in [6.45, 7) is 0.356. The Labute approximate surface area is 195 Å². The quantitative estimate of drug-likeness (QED) is 0.364. The second-order valence-electron chi connectivity index (χ2n) is 7.28. The third-order valence-corrected chi connectivity index (χ3v) is 4.69. The summed E-state index contributed by atoms with van der Waals surface area (Å²) in [6.07, 6.45) is -4.68. The van der Waals surface area contributed by atoms with Crippen LogP contribution in [0.15, 0.2) is 28.7 Å². The molecule has 35 heavy (non-hydrogen) atoms. The van der Waals surface area contributed by atoms with Crippen LogP contribution in [0.25, 0.3) is 22.4 Å². The van der Waals surface area contributed by atoms with Gasteiger partial charge in [0.25, 0.3) is 5.91 Å². The Hall–Kier alpha value is -4.20. The highest BCUT2D eigenvalue weighted by Gasteiger charge is 2.33. The van der Waals surface area contributed by atoms with Crippen LogP contribution in [-0.4, -0.2) is 53.1 Å². The van der Waals surface area contributed by atoms with Crippen molar-refractivity contribution >= 4 is 28.7 Å². The zero-order valence-corrected chi connectivity index (χ0v) is 18.4. The summed E-state index contributed by atoms with van der Waals surface area (Å²) in [4.78, 5) is 42.7. The number of aliphatic carboxylic acids is 1. The van der Waals surface area contributed by atoms with Crippen LogP contribution in [0.2, 0.25) is 0 Å². The van der Waals surface area contributed by atoms with Crippen molar-refractivity contribution < 1.29 is 41.8 Å². The molecule has 11 nitrogen and oxygen atoms in total. The number of nitrogens with two attached hydrogens (primary N) is 1. The van der Waals surface area contributed by atoms with Crippen molar-refractivity contribution in [2.24, 2.45) is 5.73 Å². The number of carboxylic acid groups (broad SMARTS) is 1. The average Bonchev–Trinajstić information content (AvgIpc) is 3.25. The van der Waals surface area contributed by atoms with Crippen LogP contribution in [0.5, 0.6) is 5.75 Å². The minimum Gasteiger partial charge on any atom is -0.494 e. The molecule has 2 amide bonds. The number of hydrogen-bond donors (Lipinski definition) is 4. The molecule has 3 aromatic rings. The first-order valence-corrected chi connectivity index (χ1v) is 10.0. The molecule has 0 bridgehead atoms. The van der Waals surface area contributed by atoms with Gasteiger partial charge in [0.1, 0.15) is 23.5 Å². The molecule has 0 fully saturated rings. The van der Waals surface area contributed by atoms with E-state index in [1.54, 1.807) is 0 Å². The molecule has 0 aliphatic rings. The number of carboxylic acids is 1. The molecule has 14 heteroatoms. The first-order chi connectivity index (χ1) is 16.4. The van der Waals surface area contributed by atoms with Crippen LogP contribution in [0, 0.1) is 0 Å². The smallest absolute Gasteiger partial charge is 0.433 e. The predicted octanol–water partition coefficient (Wildman–Crippen LogP) is 1.87. The standard InChI is InChI=1S/C21H20F3N5O6/c1-9(25)18-17(19(33)27-7-14(30)26-8-15(31)32)29-20(35-18)11-3-5-12(34-2)16-10(11)4-6-13(28-16)21(22,23)24/h3-6,9H,7-8,25H2,1-2H3,(H,26,30)(H,27,33)(H,31,32)/t9-/m0/s1. The van der Waals surface area contributed by atoms with E-state index in [0.717, 1.165) is 6.07 Å².